The van der Waals surface area contributed by atoms with Gasteiger partial charge in [0.15, 0.2) is 17.2 Å². The van der Waals surface area contributed by atoms with Gasteiger partial charge in [-0.25, -0.2) is 4.39 Å². The number of ether oxygens (including phenoxy) is 2. The van der Waals surface area contributed by atoms with Crippen LogP contribution in [0.2, 0.25) is 0 Å². The third-order valence-corrected chi connectivity index (χ3v) is 4.52. The van der Waals surface area contributed by atoms with Gasteiger partial charge in [-0.15, -0.1) is 0 Å². The van der Waals surface area contributed by atoms with Gasteiger partial charge in [0.1, 0.15) is 5.82 Å². The Kier molecular flexibility index (Phi) is 4.73. The number of rotatable bonds is 5. The van der Waals surface area contributed by atoms with Crippen LogP contribution in [-0.4, -0.2) is 22.5 Å². The molecule has 0 unspecified atom stereocenters. The van der Waals surface area contributed by atoms with Crippen molar-refractivity contribution >= 4 is 11.6 Å². The molecule has 4 rings (SSSR count). The second-order valence-corrected chi connectivity index (χ2v) is 6.83. The van der Waals surface area contributed by atoms with Gasteiger partial charge in [-0.1, -0.05) is 6.07 Å². The van der Waals surface area contributed by atoms with Crippen LogP contribution in [0, 0.1) is 5.82 Å². The van der Waals surface area contributed by atoms with Crippen LogP contribution in [-0.2, 0) is 6.54 Å². The molecule has 1 aliphatic heterocycles. The maximum Gasteiger partial charge on any atom is 0.279 e. The van der Waals surface area contributed by atoms with Crippen molar-refractivity contribution < 1.29 is 18.7 Å². The predicted octanol–water partition coefficient (Wildman–Crippen LogP) is 4.18. The van der Waals surface area contributed by atoms with Crippen LogP contribution < -0.4 is 14.4 Å². The maximum absolute atomic E-state index is 13.4. The number of benzene rings is 2. The average Bonchev–Trinajstić information content (AvgIpc) is 3.35. The summed E-state index contributed by atoms with van der Waals surface area (Å²) in [5.74, 6) is 0.708. The number of halogens is 1. The van der Waals surface area contributed by atoms with E-state index in [4.69, 9.17) is 9.47 Å². The lowest BCUT2D eigenvalue weighted by Gasteiger charge is -2.22. The highest BCUT2D eigenvalue weighted by molar-refractivity contribution is 6.04. The van der Waals surface area contributed by atoms with Crippen LogP contribution in [0.25, 0.3) is 0 Å². The van der Waals surface area contributed by atoms with Crippen molar-refractivity contribution in [2.45, 2.75) is 26.4 Å². The molecule has 0 radical (unpaired) electrons. The van der Waals surface area contributed by atoms with Crippen LogP contribution in [0.4, 0.5) is 10.1 Å². The molecule has 28 heavy (non-hydrogen) atoms. The monoisotopic (exact) mass is 381 g/mol. The molecule has 144 valence electrons. The lowest BCUT2D eigenvalue weighted by Crippen LogP contribution is -2.31. The summed E-state index contributed by atoms with van der Waals surface area (Å²) in [6.07, 6.45) is 1.78. The first kappa shape index (κ1) is 18.0. The zero-order valence-electron chi connectivity index (χ0n) is 15.6. The number of anilines is 1. The van der Waals surface area contributed by atoms with Crippen molar-refractivity contribution in [3.05, 3.63) is 71.8 Å². The van der Waals surface area contributed by atoms with E-state index in [1.54, 1.807) is 34.0 Å². The molecule has 0 saturated carbocycles. The number of hydrogen-bond donors (Lipinski definition) is 0. The molecule has 3 aromatic rings. The second-order valence-electron chi connectivity index (χ2n) is 6.83. The minimum atomic E-state index is -0.358. The SMILES string of the molecule is CC(C)n1ccc(C(=O)N(Cc2ccc3c(c2)OCO3)c2ccc(F)cc2)n1. The quantitative estimate of drug-likeness (QED) is 0.665. The summed E-state index contributed by atoms with van der Waals surface area (Å²) in [6.45, 7) is 4.46. The standard InChI is InChI=1S/C21H20FN3O3/c1-14(2)25-10-9-18(23-25)21(26)24(17-6-4-16(22)5-7-17)12-15-3-8-19-20(11-15)28-13-27-19/h3-11,14H,12-13H2,1-2H3. The van der Waals surface area contributed by atoms with Gasteiger partial charge in [0.2, 0.25) is 6.79 Å². The molecule has 1 aliphatic rings. The number of nitrogens with zero attached hydrogens (tertiary/aromatic N) is 3. The predicted molar refractivity (Wildman–Crippen MR) is 102 cm³/mol. The van der Waals surface area contributed by atoms with Gasteiger partial charge >= 0.3 is 0 Å². The molecule has 2 heterocycles. The summed E-state index contributed by atoms with van der Waals surface area (Å²) in [4.78, 5) is 14.8. The Morgan fingerprint density at radius 2 is 1.89 bits per heavy atom. The largest absolute Gasteiger partial charge is 0.454 e. The van der Waals surface area contributed by atoms with Crippen molar-refractivity contribution in [1.82, 2.24) is 9.78 Å². The highest BCUT2D eigenvalue weighted by Crippen LogP contribution is 2.33. The van der Waals surface area contributed by atoms with E-state index < -0.39 is 0 Å². The van der Waals surface area contributed by atoms with E-state index in [9.17, 15) is 9.18 Å². The molecule has 6 nitrogen and oxygen atoms in total. The molecule has 0 aliphatic carbocycles. The van der Waals surface area contributed by atoms with Crippen LogP contribution in [0.5, 0.6) is 11.5 Å². The van der Waals surface area contributed by atoms with Gasteiger partial charge in [0, 0.05) is 17.9 Å². The smallest absolute Gasteiger partial charge is 0.279 e. The topological polar surface area (TPSA) is 56.6 Å². The van der Waals surface area contributed by atoms with Crippen molar-refractivity contribution in [2.24, 2.45) is 0 Å². The van der Waals surface area contributed by atoms with Crippen molar-refractivity contribution in [3.63, 3.8) is 0 Å². The van der Waals surface area contributed by atoms with Crippen LogP contribution in [0.15, 0.2) is 54.7 Å². The van der Waals surface area contributed by atoms with Gasteiger partial charge in [-0.05, 0) is 61.9 Å². The molecule has 0 fully saturated rings. The molecule has 0 saturated heterocycles. The van der Waals surface area contributed by atoms with E-state index in [2.05, 4.69) is 5.10 Å². The summed E-state index contributed by atoms with van der Waals surface area (Å²) in [5.41, 5.74) is 1.78. The molecule has 0 bridgehead atoms. The first-order valence-electron chi connectivity index (χ1n) is 9.02. The van der Waals surface area contributed by atoms with Gasteiger partial charge in [0.25, 0.3) is 5.91 Å². The van der Waals surface area contributed by atoms with Gasteiger partial charge < -0.3 is 14.4 Å². The lowest BCUT2D eigenvalue weighted by atomic mass is 10.1. The molecular weight excluding hydrogens is 361 g/mol. The fourth-order valence-electron chi connectivity index (χ4n) is 3.00. The Balaban J connectivity index is 1.67. The molecule has 7 heteroatoms. The number of carbonyl (C=O) groups excluding carboxylic acids is 1. The molecular formula is C21H20FN3O3. The van der Waals surface area contributed by atoms with E-state index >= 15 is 0 Å². The maximum atomic E-state index is 13.4. The molecule has 0 spiro atoms. The highest BCUT2D eigenvalue weighted by atomic mass is 19.1. The number of amides is 1. The number of hydrogen-bond acceptors (Lipinski definition) is 4. The first-order valence-corrected chi connectivity index (χ1v) is 9.02. The summed E-state index contributed by atoms with van der Waals surface area (Å²) >= 11 is 0. The van der Waals surface area contributed by atoms with Crippen molar-refractivity contribution in [1.29, 1.82) is 0 Å². The van der Waals surface area contributed by atoms with Gasteiger partial charge in [-0.2, -0.15) is 5.10 Å². The van der Waals surface area contributed by atoms with E-state index in [0.717, 1.165) is 5.56 Å². The summed E-state index contributed by atoms with van der Waals surface area (Å²) in [6, 6.07) is 13.2. The fraction of sp³-hybridized carbons (Fsp3) is 0.238. The van der Waals surface area contributed by atoms with E-state index in [1.807, 2.05) is 32.0 Å². The molecule has 0 atom stereocenters. The number of carbonyl (C=O) groups is 1. The van der Waals surface area contributed by atoms with Gasteiger partial charge in [0.05, 0.1) is 6.54 Å². The number of fused-ring (bicyclic) bond motifs is 1. The molecule has 0 N–H and O–H groups in total. The fourth-order valence-corrected chi connectivity index (χ4v) is 3.00. The lowest BCUT2D eigenvalue weighted by molar-refractivity contribution is 0.0979. The van der Waals surface area contributed by atoms with Crippen LogP contribution in [0.1, 0.15) is 35.9 Å². The van der Waals surface area contributed by atoms with E-state index in [-0.39, 0.29) is 31.1 Å². The molecule has 1 aromatic heterocycles. The first-order chi connectivity index (χ1) is 13.5. The summed E-state index contributed by atoms with van der Waals surface area (Å²) in [7, 11) is 0. The van der Waals surface area contributed by atoms with Crippen molar-refractivity contribution in [2.75, 3.05) is 11.7 Å². The third kappa shape index (κ3) is 3.55. The molecule has 1 amide bonds. The summed E-state index contributed by atoms with van der Waals surface area (Å²) < 4.78 is 25.9. The Labute approximate surface area is 162 Å². The normalized spacial score (nSPS) is 12.4. The Morgan fingerprint density at radius 1 is 1.14 bits per heavy atom. The second kappa shape index (κ2) is 7.34. The Hall–Kier alpha value is -3.35. The minimum absolute atomic E-state index is 0.148. The van der Waals surface area contributed by atoms with E-state index in [1.165, 1.54) is 12.1 Å². The summed E-state index contributed by atoms with van der Waals surface area (Å²) in [5, 5.41) is 4.38. The van der Waals surface area contributed by atoms with Crippen molar-refractivity contribution in [3.8, 4) is 11.5 Å². The highest BCUT2D eigenvalue weighted by Gasteiger charge is 2.22. The zero-order valence-corrected chi connectivity index (χ0v) is 15.6. The Morgan fingerprint density at radius 3 is 2.61 bits per heavy atom. The third-order valence-electron chi connectivity index (χ3n) is 4.52. The Bertz CT molecular complexity index is 998. The van der Waals surface area contributed by atoms with E-state index in [0.29, 0.717) is 22.9 Å². The van der Waals surface area contributed by atoms with Gasteiger partial charge in [-0.3, -0.25) is 9.48 Å². The zero-order chi connectivity index (χ0) is 19.7. The average molecular weight is 381 g/mol. The van der Waals surface area contributed by atoms with Crippen LogP contribution in [0.3, 0.4) is 0 Å². The minimum Gasteiger partial charge on any atom is -0.454 e. The van der Waals surface area contributed by atoms with Crippen LogP contribution >= 0.6 is 0 Å². The number of aromatic nitrogens is 2. The molecule has 2 aromatic carbocycles.